The maximum absolute atomic E-state index is 11.9. The standard InChI is InChI=1S/C12H16N2OS/c1-3-16(15)12-7-5-4-6-11(12)14-9-8-13(2)10-14/h4-9H,3,10H2,1-2H3. The van der Waals surface area contributed by atoms with Crippen LogP contribution in [0.1, 0.15) is 6.92 Å². The molecule has 86 valence electrons. The fourth-order valence-electron chi connectivity index (χ4n) is 1.73. The summed E-state index contributed by atoms with van der Waals surface area (Å²) in [6.45, 7) is 2.76. The van der Waals surface area contributed by atoms with Crippen LogP contribution in [0.15, 0.2) is 41.6 Å². The number of para-hydroxylation sites is 1. The van der Waals surface area contributed by atoms with Crippen LogP contribution in [0.2, 0.25) is 0 Å². The average molecular weight is 236 g/mol. The lowest BCUT2D eigenvalue weighted by Gasteiger charge is -2.20. The summed E-state index contributed by atoms with van der Waals surface area (Å²) in [7, 11) is 1.12. The van der Waals surface area contributed by atoms with E-state index in [2.05, 4.69) is 9.80 Å². The molecule has 0 N–H and O–H groups in total. The first-order valence-electron chi connectivity index (χ1n) is 5.35. The lowest BCUT2D eigenvalue weighted by molar-refractivity contribution is 0.495. The van der Waals surface area contributed by atoms with E-state index in [0.29, 0.717) is 5.75 Å². The molecule has 0 radical (unpaired) electrons. The van der Waals surface area contributed by atoms with Crippen LogP contribution in [0.3, 0.4) is 0 Å². The van der Waals surface area contributed by atoms with Gasteiger partial charge in [0.1, 0.15) is 0 Å². The highest BCUT2D eigenvalue weighted by molar-refractivity contribution is 7.85. The first-order valence-corrected chi connectivity index (χ1v) is 6.67. The fraction of sp³-hybridized carbons (Fsp3) is 0.333. The van der Waals surface area contributed by atoms with Gasteiger partial charge in [0, 0.05) is 25.2 Å². The topological polar surface area (TPSA) is 23.6 Å². The molecule has 0 bridgehead atoms. The molecule has 0 spiro atoms. The van der Waals surface area contributed by atoms with Crippen molar-refractivity contribution >= 4 is 16.5 Å². The van der Waals surface area contributed by atoms with Gasteiger partial charge in [-0.1, -0.05) is 19.1 Å². The van der Waals surface area contributed by atoms with E-state index in [9.17, 15) is 4.21 Å². The van der Waals surface area contributed by atoms with Crippen molar-refractivity contribution in [2.24, 2.45) is 0 Å². The Hall–Kier alpha value is -1.29. The van der Waals surface area contributed by atoms with E-state index in [1.807, 2.05) is 50.6 Å². The Morgan fingerprint density at radius 3 is 2.69 bits per heavy atom. The molecule has 1 atom stereocenters. The summed E-state index contributed by atoms with van der Waals surface area (Å²) in [6, 6.07) is 7.89. The van der Waals surface area contributed by atoms with E-state index < -0.39 is 10.8 Å². The summed E-state index contributed by atoms with van der Waals surface area (Å²) >= 11 is 0. The van der Waals surface area contributed by atoms with Gasteiger partial charge in [-0.3, -0.25) is 4.21 Å². The molecule has 0 saturated heterocycles. The summed E-state index contributed by atoms with van der Waals surface area (Å²) in [4.78, 5) is 5.12. The first kappa shape index (κ1) is 11.2. The number of benzene rings is 1. The number of nitrogens with zero attached hydrogens (tertiary/aromatic N) is 2. The molecule has 1 aromatic rings. The lowest BCUT2D eigenvalue weighted by Crippen LogP contribution is -2.22. The van der Waals surface area contributed by atoms with Gasteiger partial charge in [0.2, 0.25) is 0 Å². The van der Waals surface area contributed by atoms with Crippen LogP contribution in [-0.4, -0.2) is 28.6 Å². The van der Waals surface area contributed by atoms with Crippen LogP contribution in [0.4, 0.5) is 5.69 Å². The van der Waals surface area contributed by atoms with Crippen LogP contribution < -0.4 is 4.90 Å². The van der Waals surface area contributed by atoms with E-state index in [0.717, 1.165) is 17.3 Å². The molecular formula is C12H16N2OS. The van der Waals surface area contributed by atoms with Gasteiger partial charge >= 0.3 is 0 Å². The summed E-state index contributed by atoms with van der Waals surface area (Å²) < 4.78 is 11.9. The summed E-state index contributed by atoms with van der Waals surface area (Å²) in [6.07, 6.45) is 4.04. The van der Waals surface area contributed by atoms with Crippen LogP contribution in [0.25, 0.3) is 0 Å². The molecule has 1 aliphatic heterocycles. The van der Waals surface area contributed by atoms with E-state index in [-0.39, 0.29) is 0 Å². The Bertz CT molecular complexity index is 431. The largest absolute Gasteiger partial charge is 0.361 e. The molecule has 0 amide bonds. The number of hydrogen-bond donors (Lipinski definition) is 0. The van der Waals surface area contributed by atoms with Gasteiger partial charge in [-0.05, 0) is 12.1 Å². The third kappa shape index (κ3) is 2.11. The Morgan fingerprint density at radius 2 is 2.06 bits per heavy atom. The molecule has 1 unspecified atom stereocenters. The Labute approximate surface area is 98.8 Å². The van der Waals surface area contributed by atoms with Gasteiger partial charge in [0.05, 0.1) is 28.1 Å². The predicted molar refractivity (Wildman–Crippen MR) is 67.6 cm³/mol. The average Bonchev–Trinajstić information content (AvgIpc) is 2.75. The molecule has 1 aliphatic rings. The molecule has 0 saturated carbocycles. The summed E-state index contributed by atoms with van der Waals surface area (Å²) in [5.41, 5.74) is 1.04. The molecule has 16 heavy (non-hydrogen) atoms. The zero-order valence-corrected chi connectivity index (χ0v) is 10.4. The van der Waals surface area contributed by atoms with Gasteiger partial charge in [-0.2, -0.15) is 0 Å². The molecule has 1 heterocycles. The van der Waals surface area contributed by atoms with Crippen molar-refractivity contribution in [1.29, 1.82) is 0 Å². The van der Waals surface area contributed by atoms with Crippen LogP contribution in [0.5, 0.6) is 0 Å². The Balaban J connectivity index is 2.34. The van der Waals surface area contributed by atoms with E-state index in [1.165, 1.54) is 0 Å². The first-order chi connectivity index (χ1) is 7.72. The second-order valence-corrected chi connectivity index (χ2v) is 5.48. The minimum Gasteiger partial charge on any atom is -0.361 e. The third-order valence-electron chi connectivity index (χ3n) is 2.56. The Kier molecular flexibility index (Phi) is 3.29. The monoisotopic (exact) mass is 236 g/mol. The van der Waals surface area contributed by atoms with Gasteiger partial charge in [0.25, 0.3) is 0 Å². The highest BCUT2D eigenvalue weighted by Gasteiger charge is 2.16. The smallest absolute Gasteiger partial charge is 0.0939 e. The quantitative estimate of drug-likeness (QED) is 0.802. The van der Waals surface area contributed by atoms with Crippen molar-refractivity contribution in [2.75, 3.05) is 24.4 Å². The molecule has 1 aromatic carbocycles. The number of anilines is 1. The highest BCUT2D eigenvalue weighted by Crippen LogP contribution is 2.26. The Morgan fingerprint density at radius 1 is 1.31 bits per heavy atom. The van der Waals surface area contributed by atoms with Crippen molar-refractivity contribution in [3.8, 4) is 0 Å². The van der Waals surface area contributed by atoms with E-state index >= 15 is 0 Å². The lowest BCUT2D eigenvalue weighted by atomic mass is 10.3. The van der Waals surface area contributed by atoms with E-state index in [1.54, 1.807) is 0 Å². The van der Waals surface area contributed by atoms with Crippen molar-refractivity contribution in [3.05, 3.63) is 36.7 Å². The van der Waals surface area contributed by atoms with Crippen LogP contribution in [-0.2, 0) is 10.8 Å². The minimum atomic E-state index is -0.903. The third-order valence-corrected chi connectivity index (χ3v) is 3.92. The molecule has 0 aromatic heterocycles. The van der Waals surface area contributed by atoms with Gasteiger partial charge < -0.3 is 9.80 Å². The summed E-state index contributed by atoms with van der Waals surface area (Å²) in [5.74, 6) is 0.657. The van der Waals surface area contributed by atoms with Crippen LogP contribution >= 0.6 is 0 Å². The second-order valence-electron chi connectivity index (χ2n) is 3.77. The molecular weight excluding hydrogens is 220 g/mol. The maximum Gasteiger partial charge on any atom is 0.0939 e. The zero-order chi connectivity index (χ0) is 11.5. The van der Waals surface area contributed by atoms with Crippen LogP contribution in [0, 0.1) is 0 Å². The summed E-state index contributed by atoms with van der Waals surface area (Å²) in [5, 5.41) is 0. The zero-order valence-electron chi connectivity index (χ0n) is 9.59. The normalized spacial score (nSPS) is 16.9. The maximum atomic E-state index is 11.9. The van der Waals surface area contributed by atoms with Crippen molar-refractivity contribution in [3.63, 3.8) is 0 Å². The SMILES string of the molecule is CCS(=O)c1ccccc1N1C=CN(C)C1. The predicted octanol–water partition coefficient (Wildman–Crippen LogP) is 1.99. The second kappa shape index (κ2) is 4.70. The van der Waals surface area contributed by atoms with Crippen molar-refractivity contribution < 1.29 is 4.21 Å². The highest BCUT2D eigenvalue weighted by atomic mass is 32.2. The van der Waals surface area contributed by atoms with Gasteiger partial charge in [-0.25, -0.2) is 0 Å². The molecule has 2 rings (SSSR count). The number of rotatable bonds is 3. The fourth-order valence-corrected chi connectivity index (χ4v) is 2.69. The van der Waals surface area contributed by atoms with Gasteiger partial charge in [0.15, 0.2) is 0 Å². The van der Waals surface area contributed by atoms with Crippen molar-refractivity contribution in [2.45, 2.75) is 11.8 Å². The van der Waals surface area contributed by atoms with Gasteiger partial charge in [-0.15, -0.1) is 0 Å². The van der Waals surface area contributed by atoms with Crippen molar-refractivity contribution in [1.82, 2.24) is 4.90 Å². The molecule has 3 nitrogen and oxygen atoms in total. The van der Waals surface area contributed by atoms with E-state index in [4.69, 9.17) is 0 Å². The molecule has 4 heteroatoms. The minimum absolute atomic E-state index is 0.657. The number of hydrogen-bond acceptors (Lipinski definition) is 3. The molecule has 0 aliphatic carbocycles. The molecule has 0 fully saturated rings.